The molecular weight excluding hydrogens is 160 g/mol. The Hall–Kier alpha value is -1.24. The Morgan fingerprint density at radius 2 is 2.15 bits per heavy atom. The van der Waals surface area contributed by atoms with E-state index in [1.54, 1.807) is 6.07 Å². The largest absolute Gasteiger partial charge is 0.508 e. The van der Waals surface area contributed by atoms with E-state index in [-0.39, 0.29) is 0 Å². The first-order valence-electron chi connectivity index (χ1n) is 4.64. The minimum absolute atomic E-state index is 0.398. The van der Waals surface area contributed by atoms with Gasteiger partial charge in [0.15, 0.2) is 0 Å². The van der Waals surface area contributed by atoms with Crippen molar-refractivity contribution in [2.24, 2.45) is 0 Å². The van der Waals surface area contributed by atoms with E-state index in [1.807, 2.05) is 26.0 Å². The zero-order valence-electron chi connectivity index (χ0n) is 8.46. The Bertz CT molecular complexity index is 324. The summed E-state index contributed by atoms with van der Waals surface area (Å²) in [6.45, 7) is 6.14. The van der Waals surface area contributed by atoms with Crippen molar-refractivity contribution in [3.63, 3.8) is 0 Å². The second-order valence-electron chi connectivity index (χ2n) is 3.17. The number of rotatable bonds is 2. The third-order valence-electron chi connectivity index (χ3n) is 2.35. The fourth-order valence-electron chi connectivity index (χ4n) is 1.28. The van der Waals surface area contributed by atoms with Gasteiger partial charge in [0.05, 0.1) is 0 Å². The van der Waals surface area contributed by atoms with Gasteiger partial charge in [0.2, 0.25) is 0 Å². The monoisotopic (exact) mass is 176 g/mol. The third kappa shape index (κ3) is 2.11. The predicted octanol–water partition coefficient (Wildman–Crippen LogP) is 3.38. The first kappa shape index (κ1) is 9.85. The van der Waals surface area contributed by atoms with E-state index in [0.29, 0.717) is 5.75 Å². The molecule has 0 spiro atoms. The minimum Gasteiger partial charge on any atom is -0.508 e. The number of benzene rings is 1. The Labute approximate surface area is 79.7 Å². The van der Waals surface area contributed by atoms with Crippen LogP contribution < -0.4 is 0 Å². The molecule has 1 nitrogen and oxygen atoms in total. The van der Waals surface area contributed by atoms with Crippen LogP contribution in [0.1, 0.15) is 31.9 Å². The Balaban J connectivity index is 3.13. The number of allylic oxidation sites excluding steroid dienone is 2. The van der Waals surface area contributed by atoms with Gasteiger partial charge in [-0.1, -0.05) is 19.1 Å². The van der Waals surface area contributed by atoms with E-state index in [1.165, 1.54) is 11.1 Å². The molecule has 0 heterocycles. The molecule has 0 unspecified atom stereocenters. The van der Waals surface area contributed by atoms with Crippen LogP contribution in [-0.2, 0) is 6.42 Å². The molecule has 0 saturated heterocycles. The molecule has 1 rings (SSSR count). The van der Waals surface area contributed by atoms with Crippen molar-refractivity contribution in [1.29, 1.82) is 0 Å². The highest BCUT2D eigenvalue weighted by molar-refractivity contribution is 5.64. The van der Waals surface area contributed by atoms with Crippen LogP contribution in [0.2, 0.25) is 0 Å². The lowest BCUT2D eigenvalue weighted by Gasteiger charge is -2.05. The molecule has 0 radical (unpaired) electrons. The number of aryl methyl sites for hydroxylation is 1. The van der Waals surface area contributed by atoms with Crippen LogP contribution >= 0.6 is 0 Å². The highest BCUT2D eigenvalue weighted by atomic mass is 16.3. The van der Waals surface area contributed by atoms with Crippen molar-refractivity contribution >= 4 is 5.57 Å². The summed E-state index contributed by atoms with van der Waals surface area (Å²) in [6.07, 6.45) is 2.95. The number of hydrogen-bond acceptors (Lipinski definition) is 1. The zero-order chi connectivity index (χ0) is 9.84. The Morgan fingerprint density at radius 1 is 1.46 bits per heavy atom. The van der Waals surface area contributed by atoms with Gasteiger partial charge < -0.3 is 5.11 Å². The van der Waals surface area contributed by atoms with Gasteiger partial charge in [0.25, 0.3) is 0 Å². The molecule has 1 N–H and O–H groups in total. The minimum atomic E-state index is 0.398. The molecule has 70 valence electrons. The van der Waals surface area contributed by atoms with Crippen LogP contribution in [0.4, 0.5) is 0 Å². The molecule has 0 aliphatic heterocycles. The third-order valence-corrected chi connectivity index (χ3v) is 2.35. The molecule has 0 saturated carbocycles. The summed E-state index contributed by atoms with van der Waals surface area (Å²) in [5.41, 5.74) is 3.45. The fraction of sp³-hybridized carbons (Fsp3) is 0.333. The fourth-order valence-corrected chi connectivity index (χ4v) is 1.28. The number of phenols is 1. The lowest BCUT2D eigenvalue weighted by molar-refractivity contribution is 0.469. The second kappa shape index (κ2) is 4.13. The van der Waals surface area contributed by atoms with E-state index in [4.69, 9.17) is 0 Å². The van der Waals surface area contributed by atoms with Gasteiger partial charge in [-0.2, -0.15) is 0 Å². The normalized spacial score (nSPS) is 11.8. The van der Waals surface area contributed by atoms with E-state index in [0.717, 1.165) is 12.0 Å². The average Bonchev–Trinajstić information content (AvgIpc) is 2.17. The Kier molecular flexibility index (Phi) is 3.13. The van der Waals surface area contributed by atoms with E-state index in [9.17, 15) is 5.11 Å². The van der Waals surface area contributed by atoms with E-state index >= 15 is 0 Å². The topological polar surface area (TPSA) is 20.2 Å². The summed E-state index contributed by atoms with van der Waals surface area (Å²) >= 11 is 0. The summed E-state index contributed by atoms with van der Waals surface area (Å²) in [7, 11) is 0. The molecule has 0 bridgehead atoms. The number of phenolic OH excluding ortho intramolecular Hbond substituents is 1. The molecule has 0 aliphatic carbocycles. The van der Waals surface area contributed by atoms with Crippen LogP contribution in [0.3, 0.4) is 0 Å². The van der Waals surface area contributed by atoms with Gasteiger partial charge in [0, 0.05) is 0 Å². The SMILES string of the molecule is C/C=C(\C)c1ccc(O)c(CC)c1. The molecule has 1 heteroatoms. The highest BCUT2D eigenvalue weighted by Crippen LogP contribution is 2.22. The number of hydrogen-bond donors (Lipinski definition) is 1. The van der Waals surface area contributed by atoms with Gasteiger partial charge >= 0.3 is 0 Å². The van der Waals surface area contributed by atoms with Crippen molar-refractivity contribution in [2.45, 2.75) is 27.2 Å². The van der Waals surface area contributed by atoms with Crippen LogP contribution in [0, 0.1) is 0 Å². The smallest absolute Gasteiger partial charge is 0.118 e. The first-order valence-corrected chi connectivity index (χ1v) is 4.64. The summed E-state index contributed by atoms with van der Waals surface area (Å²) in [5.74, 6) is 0.398. The van der Waals surface area contributed by atoms with E-state index in [2.05, 4.69) is 13.0 Å². The first-order chi connectivity index (χ1) is 6.19. The van der Waals surface area contributed by atoms with Crippen LogP contribution in [-0.4, -0.2) is 5.11 Å². The summed E-state index contributed by atoms with van der Waals surface area (Å²) in [5, 5.41) is 9.47. The highest BCUT2D eigenvalue weighted by Gasteiger charge is 2.01. The maximum Gasteiger partial charge on any atom is 0.118 e. The van der Waals surface area contributed by atoms with Crippen molar-refractivity contribution in [3.8, 4) is 5.75 Å². The van der Waals surface area contributed by atoms with Crippen LogP contribution in [0.5, 0.6) is 5.75 Å². The molecule has 0 amide bonds. The maximum atomic E-state index is 9.47. The molecule has 0 atom stereocenters. The van der Waals surface area contributed by atoms with Crippen LogP contribution in [0.15, 0.2) is 24.3 Å². The van der Waals surface area contributed by atoms with Crippen molar-refractivity contribution in [3.05, 3.63) is 35.4 Å². The molecule has 1 aromatic rings. The van der Waals surface area contributed by atoms with Gasteiger partial charge in [-0.3, -0.25) is 0 Å². The molecule has 0 aliphatic rings. The van der Waals surface area contributed by atoms with Gasteiger partial charge in [-0.15, -0.1) is 0 Å². The van der Waals surface area contributed by atoms with Crippen molar-refractivity contribution in [2.75, 3.05) is 0 Å². The van der Waals surface area contributed by atoms with E-state index < -0.39 is 0 Å². The molecule has 0 fully saturated rings. The average molecular weight is 176 g/mol. The van der Waals surface area contributed by atoms with Crippen molar-refractivity contribution in [1.82, 2.24) is 0 Å². The van der Waals surface area contributed by atoms with Gasteiger partial charge in [-0.05, 0) is 49.1 Å². The molecule has 0 aromatic heterocycles. The Morgan fingerprint density at radius 3 is 2.69 bits per heavy atom. The zero-order valence-corrected chi connectivity index (χ0v) is 8.46. The lowest BCUT2D eigenvalue weighted by Crippen LogP contribution is -1.85. The molecule has 1 aromatic carbocycles. The van der Waals surface area contributed by atoms with Crippen LogP contribution in [0.25, 0.3) is 5.57 Å². The maximum absolute atomic E-state index is 9.47. The summed E-state index contributed by atoms with van der Waals surface area (Å²) < 4.78 is 0. The summed E-state index contributed by atoms with van der Waals surface area (Å²) in [4.78, 5) is 0. The van der Waals surface area contributed by atoms with Crippen molar-refractivity contribution < 1.29 is 5.11 Å². The standard InChI is InChI=1S/C12H16O/c1-4-9(3)11-6-7-12(13)10(5-2)8-11/h4,6-8,13H,5H2,1-3H3/b9-4+. The second-order valence-corrected chi connectivity index (χ2v) is 3.17. The molecular formula is C12H16O. The number of aromatic hydroxyl groups is 1. The summed E-state index contributed by atoms with van der Waals surface area (Å²) in [6, 6.07) is 5.76. The quantitative estimate of drug-likeness (QED) is 0.732. The lowest BCUT2D eigenvalue weighted by atomic mass is 10.0. The van der Waals surface area contributed by atoms with Gasteiger partial charge in [-0.25, -0.2) is 0 Å². The predicted molar refractivity (Wildman–Crippen MR) is 56.8 cm³/mol. The molecule has 13 heavy (non-hydrogen) atoms. The van der Waals surface area contributed by atoms with Gasteiger partial charge in [0.1, 0.15) is 5.75 Å².